The second-order valence-corrected chi connectivity index (χ2v) is 8.00. The number of nitrogens with zero attached hydrogens (tertiary/aromatic N) is 4. The molecule has 0 aliphatic rings. The summed E-state index contributed by atoms with van der Waals surface area (Å²) < 4.78 is 1.97. The van der Waals surface area contributed by atoms with Crippen molar-refractivity contribution < 1.29 is 9.59 Å². The van der Waals surface area contributed by atoms with E-state index in [-0.39, 0.29) is 11.8 Å². The maximum absolute atomic E-state index is 13.0. The molecule has 0 saturated carbocycles. The topological polar surface area (TPSA) is 58.4 Å². The van der Waals surface area contributed by atoms with Gasteiger partial charge in [-0.1, -0.05) is 24.3 Å². The number of amides is 2. The molecule has 0 saturated heterocycles. The van der Waals surface area contributed by atoms with E-state index in [0.29, 0.717) is 30.8 Å². The molecule has 0 N–H and O–H groups in total. The molecule has 3 aromatic rings. The van der Waals surface area contributed by atoms with Crippen LogP contribution in [0.25, 0.3) is 0 Å². The van der Waals surface area contributed by atoms with Gasteiger partial charge in [0.05, 0.1) is 12.2 Å². The van der Waals surface area contributed by atoms with E-state index in [1.165, 1.54) is 0 Å². The van der Waals surface area contributed by atoms with Gasteiger partial charge in [-0.2, -0.15) is 5.10 Å². The minimum absolute atomic E-state index is 0.00592. The molecule has 6 nitrogen and oxygen atoms in total. The van der Waals surface area contributed by atoms with Crippen LogP contribution in [0.4, 0.5) is 0 Å². The third kappa shape index (κ3) is 5.40. The zero-order chi connectivity index (χ0) is 22.5. The van der Waals surface area contributed by atoms with Gasteiger partial charge in [-0.3, -0.25) is 14.3 Å². The van der Waals surface area contributed by atoms with Gasteiger partial charge in [-0.25, -0.2) is 0 Å². The number of aryl methyl sites for hydroxylation is 2. The molecule has 0 aliphatic heterocycles. The quantitative estimate of drug-likeness (QED) is 0.584. The van der Waals surface area contributed by atoms with Crippen LogP contribution in [0.3, 0.4) is 0 Å². The van der Waals surface area contributed by atoms with Crippen molar-refractivity contribution in [3.05, 3.63) is 88.2 Å². The molecule has 2 aromatic carbocycles. The van der Waals surface area contributed by atoms with Gasteiger partial charge in [0, 0.05) is 44.0 Å². The standard InChI is InChI=1S/C25H30N4O2/c1-6-28(16-20-7-11-22(12-8-20)24(30)27(4)5)25(31)23-13-9-21(10-14-23)17-29-19(3)15-18(2)26-29/h7-15H,6,16-17H2,1-5H3. The van der Waals surface area contributed by atoms with Gasteiger partial charge in [-0.05, 0) is 62.2 Å². The SMILES string of the molecule is CCN(Cc1ccc(C(=O)N(C)C)cc1)C(=O)c1ccc(Cn2nc(C)cc2C)cc1. The highest BCUT2D eigenvalue weighted by molar-refractivity contribution is 5.94. The molecule has 2 amide bonds. The summed E-state index contributed by atoms with van der Waals surface area (Å²) in [6.07, 6.45) is 0. The Morgan fingerprint density at radius 2 is 1.42 bits per heavy atom. The lowest BCUT2D eigenvalue weighted by molar-refractivity contribution is 0.0751. The number of benzene rings is 2. The molecule has 31 heavy (non-hydrogen) atoms. The van der Waals surface area contributed by atoms with Crippen LogP contribution in [0.2, 0.25) is 0 Å². The molecule has 0 unspecified atom stereocenters. The third-order valence-corrected chi connectivity index (χ3v) is 5.29. The van der Waals surface area contributed by atoms with Crippen molar-refractivity contribution in [3.8, 4) is 0 Å². The van der Waals surface area contributed by atoms with E-state index in [1.54, 1.807) is 23.9 Å². The number of rotatable bonds is 7. The van der Waals surface area contributed by atoms with Crippen molar-refractivity contribution in [1.29, 1.82) is 0 Å². The molecule has 3 rings (SSSR count). The molecule has 6 heteroatoms. The molecule has 162 valence electrons. The van der Waals surface area contributed by atoms with Gasteiger partial charge < -0.3 is 9.80 Å². The second kappa shape index (κ2) is 9.60. The number of aromatic nitrogens is 2. The molecule has 0 radical (unpaired) electrons. The van der Waals surface area contributed by atoms with Gasteiger partial charge in [-0.15, -0.1) is 0 Å². The first-order valence-corrected chi connectivity index (χ1v) is 10.5. The van der Waals surface area contributed by atoms with E-state index < -0.39 is 0 Å². The van der Waals surface area contributed by atoms with Crippen molar-refractivity contribution in [1.82, 2.24) is 19.6 Å². The maximum atomic E-state index is 13.0. The van der Waals surface area contributed by atoms with Crippen LogP contribution in [0.5, 0.6) is 0 Å². The van der Waals surface area contributed by atoms with E-state index in [1.807, 2.05) is 74.0 Å². The Morgan fingerprint density at radius 3 is 1.90 bits per heavy atom. The second-order valence-electron chi connectivity index (χ2n) is 8.00. The number of hydrogen-bond acceptors (Lipinski definition) is 3. The zero-order valence-corrected chi connectivity index (χ0v) is 18.9. The van der Waals surface area contributed by atoms with Crippen molar-refractivity contribution in [2.24, 2.45) is 0 Å². The van der Waals surface area contributed by atoms with Gasteiger partial charge in [0.2, 0.25) is 0 Å². The molecule has 0 spiro atoms. The Labute approximate surface area is 184 Å². The Balaban J connectivity index is 1.67. The molecule has 1 heterocycles. The summed E-state index contributed by atoms with van der Waals surface area (Å²) in [5, 5.41) is 4.50. The van der Waals surface area contributed by atoms with Crippen LogP contribution in [-0.2, 0) is 13.1 Å². The minimum Gasteiger partial charge on any atom is -0.345 e. The monoisotopic (exact) mass is 418 g/mol. The van der Waals surface area contributed by atoms with E-state index in [2.05, 4.69) is 11.2 Å². The number of carbonyl (C=O) groups is 2. The maximum Gasteiger partial charge on any atom is 0.254 e. The Kier molecular flexibility index (Phi) is 6.90. The predicted octanol–water partition coefficient (Wildman–Crippen LogP) is 3.91. The number of hydrogen-bond donors (Lipinski definition) is 0. The fraction of sp³-hybridized carbons (Fsp3) is 0.320. The number of carbonyl (C=O) groups excluding carboxylic acids is 2. The first-order valence-electron chi connectivity index (χ1n) is 10.5. The molecule has 0 aliphatic carbocycles. The molecule has 1 aromatic heterocycles. The van der Waals surface area contributed by atoms with Gasteiger partial charge in [0.1, 0.15) is 0 Å². The van der Waals surface area contributed by atoms with Crippen LogP contribution in [0, 0.1) is 13.8 Å². The molecular formula is C25H30N4O2. The van der Waals surface area contributed by atoms with E-state index in [9.17, 15) is 9.59 Å². The lowest BCUT2D eigenvalue weighted by atomic mass is 10.1. The van der Waals surface area contributed by atoms with Crippen molar-refractivity contribution in [2.75, 3.05) is 20.6 Å². The third-order valence-electron chi connectivity index (χ3n) is 5.29. The smallest absolute Gasteiger partial charge is 0.254 e. The highest BCUT2D eigenvalue weighted by Gasteiger charge is 2.15. The van der Waals surface area contributed by atoms with Crippen molar-refractivity contribution in [3.63, 3.8) is 0 Å². The Hall–Kier alpha value is -3.41. The van der Waals surface area contributed by atoms with Crippen LogP contribution in [0.1, 0.15) is 50.2 Å². The highest BCUT2D eigenvalue weighted by atomic mass is 16.2. The van der Waals surface area contributed by atoms with Crippen molar-refractivity contribution in [2.45, 2.75) is 33.9 Å². The van der Waals surface area contributed by atoms with Gasteiger partial charge >= 0.3 is 0 Å². The Morgan fingerprint density at radius 1 is 0.871 bits per heavy atom. The zero-order valence-electron chi connectivity index (χ0n) is 18.9. The molecule has 0 atom stereocenters. The summed E-state index contributed by atoms with van der Waals surface area (Å²) in [6.45, 7) is 7.78. The van der Waals surface area contributed by atoms with Crippen LogP contribution >= 0.6 is 0 Å². The first kappa shape index (κ1) is 22.3. The van der Waals surface area contributed by atoms with Crippen molar-refractivity contribution >= 4 is 11.8 Å². The summed E-state index contributed by atoms with van der Waals surface area (Å²) in [7, 11) is 3.46. The minimum atomic E-state index is -0.0319. The predicted molar refractivity (Wildman–Crippen MR) is 122 cm³/mol. The summed E-state index contributed by atoms with van der Waals surface area (Å²) in [6, 6.07) is 17.2. The first-order chi connectivity index (χ1) is 14.8. The average molecular weight is 419 g/mol. The van der Waals surface area contributed by atoms with Gasteiger partial charge in [0.15, 0.2) is 0 Å². The van der Waals surface area contributed by atoms with Crippen LogP contribution in [0.15, 0.2) is 54.6 Å². The van der Waals surface area contributed by atoms with E-state index >= 15 is 0 Å². The summed E-state index contributed by atoms with van der Waals surface area (Å²) >= 11 is 0. The van der Waals surface area contributed by atoms with Crippen LogP contribution in [-0.4, -0.2) is 52.0 Å². The largest absolute Gasteiger partial charge is 0.345 e. The fourth-order valence-electron chi connectivity index (χ4n) is 3.50. The molecule has 0 fully saturated rings. The van der Waals surface area contributed by atoms with E-state index in [0.717, 1.165) is 22.5 Å². The molecular weight excluding hydrogens is 388 g/mol. The average Bonchev–Trinajstić information content (AvgIpc) is 3.08. The van der Waals surface area contributed by atoms with E-state index in [4.69, 9.17) is 0 Å². The Bertz CT molecular complexity index is 1050. The lowest BCUT2D eigenvalue weighted by Crippen LogP contribution is -2.30. The normalized spacial score (nSPS) is 10.7. The highest BCUT2D eigenvalue weighted by Crippen LogP contribution is 2.14. The van der Waals surface area contributed by atoms with Gasteiger partial charge in [0.25, 0.3) is 11.8 Å². The fourth-order valence-corrected chi connectivity index (χ4v) is 3.50. The summed E-state index contributed by atoms with van der Waals surface area (Å²) in [5.74, 6) is -0.0378. The molecule has 0 bridgehead atoms. The van der Waals surface area contributed by atoms with Crippen LogP contribution < -0.4 is 0 Å². The summed E-state index contributed by atoms with van der Waals surface area (Å²) in [5.41, 5.74) is 5.52. The lowest BCUT2D eigenvalue weighted by Gasteiger charge is -2.21. The summed E-state index contributed by atoms with van der Waals surface area (Å²) in [4.78, 5) is 28.4.